The van der Waals surface area contributed by atoms with Crippen LogP contribution < -0.4 is 10.6 Å². The number of carbonyl (C=O) groups excluding carboxylic acids is 2. The lowest BCUT2D eigenvalue weighted by Crippen LogP contribution is -2.27. The van der Waals surface area contributed by atoms with Gasteiger partial charge in [0.1, 0.15) is 6.54 Å². The maximum Gasteiger partial charge on any atom is 0.237 e. The first-order chi connectivity index (χ1) is 9.10. The average Bonchev–Trinajstić information content (AvgIpc) is 2.38. The number of amides is 2. The van der Waals surface area contributed by atoms with Crippen LogP contribution in [0, 0.1) is 11.3 Å². The molecule has 2 amide bonds. The molecule has 2 rings (SSSR count). The number of nitrogens with one attached hydrogen (secondary N) is 2. The molecular weight excluding hydrogens is 262 g/mol. The van der Waals surface area contributed by atoms with E-state index in [1.807, 2.05) is 25.1 Å². The molecule has 0 radical (unpaired) electrons. The van der Waals surface area contributed by atoms with Crippen molar-refractivity contribution in [1.82, 2.24) is 5.32 Å². The van der Waals surface area contributed by atoms with E-state index < -0.39 is 0 Å². The van der Waals surface area contributed by atoms with Gasteiger partial charge in [-0.05, 0) is 24.6 Å². The van der Waals surface area contributed by atoms with Gasteiger partial charge in [0.15, 0.2) is 0 Å². The minimum absolute atomic E-state index is 0.00781. The molecular formula is C13H13N3O2S. The van der Waals surface area contributed by atoms with E-state index in [4.69, 9.17) is 5.26 Å². The molecule has 1 aromatic carbocycles. The smallest absolute Gasteiger partial charge is 0.237 e. The minimum Gasteiger partial charge on any atom is -0.343 e. The van der Waals surface area contributed by atoms with Crippen molar-refractivity contribution < 1.29 is 9.59 Å². The van der Waals surface area contributed by atoms with Gasteiger partial charge in [0.2, 0.25) is 11.8 Å². The molecule has 0 aromatic heterocycles. The van der Waals surface area contributed by atoms with Gasteiger partial charge in [0.25, 0.3) is 0 Å². The lowest BCUT2D eigenvalue weighted by molar-refractivity contribution is -0.120. The van der Waals surface area contributed by atoms with Gasteiger partial charge < -0.3 is 10.6 Å². The van der Waals surface area contributed by atoms with Crippen molar-refractivity contribution in [2.24, 2.45) is 0 Å². The molecule has 1 unspecified atom stereocenters. The fourth-order valence-electron chi connectivity index (χ4n) is 1.75. The average molecular weight is 275 g/mol. The van der Waals surface area contributed by atoms with Crippen LogP contribution in [0.3, 0.4) is 0 Å². The molecule has 1 aliphatic rings. The van der Waals surface area contributed by atoms with Crippen LogP contribution in [0.4, 0.5) is 5.69 Å². The van der Waals surface area contributed by atoms with Gasteiger partial charge in [0.05, 0.1) is 23.4 Å². The lowest BCUT2D eigenvalue weighted by Gasteiger charge is -2.21. The van der Waals surface area contributed by atoms with Gasteiger partial charge in [-0.25, -0.2) is 0 Å². The number of nitriles is 1. The van der Waals surface area contributed by atoms with Gasteiger partial charge in [-0.1, -0.05) is 6.07 Å². The summed E-state index contributed by atoms with van der Waals surface area (Å²) in [6.45, 7) is 1.86. The van der Waals surface area contributed by atoms with Crippen LogP contribution in [0.25, 0.3) is 0 Å². The van der Waals surface area contributed by atoms with E-state index in [1.165, 1.54) is 11.8 Å². The van der Waals surface area contributed by atoms with Crippen LogP contribution in [0.1, 0.15) is 12.5 Å². The third kappa shape index (κ3) is 3.26. The fourth-order valence-corrected chi connectivity index (χ4v) is 2.68. The predicted octanol–water partition coefficient (Wildman–Crippen LogP) is 1.30. The Morgan fingerprint density at radius 1 is 1.58 bits per heavy atom. The summed E-state index contributed by atoms with van der Waals surface area (Å²) in [5.74, 6) is -0.228. The van der Waals surface area contributed by atoms with Crippen LogP contribution in [0.5, 0.6) is 0 Å². The number of carbonyl (C=O) groups is 2. The zero-order chi connectivity index (χ0) is 13.8. The summed E-state index contributed by atoms with van der Waals surface area (Å²) in [7, 11) is 0. The molecule has 98 valence electrons. The molecule has 19 heavy (non-hydrogen) atoms. The molecule has 0 saturated carbocycles. The monoisotopic (exact) mass is 275 g/mol. The summed E-state index contributed by atoms with van der Waals surface area (Å²) in [6, 6.07) is 7.43. The lowest BCUT2D eigenvalue weighted by atomic mass is 10.1. The highest BCUT2D eigenvalue weighted by atomic mass is 32.2. The topological polar surface area (TPSA) is 82.0 Å². The minimum atomic E-state index is -0.204. The summed E-state index contributed by atoms with van der Waals surface area (Å²) in [6.07, 6.45) is 0.199. The van der Waals surface area contributed by atoms with Crippen LogP contribution in [-0.2, 0) is 16.0 Å². The van der Waals surface area contributed by atoms with Crippen molar-refractivity contribution in [2.45, 2.75) is 23.5 Å². The molecule has 0 aliphatic carbocycles. The first-order valence-corrected chi connectivity index (χ1v) is 6.72. The van der Waals surface area contributed by atoms with Crippen LogP contribution in [0.15, 0.2) is 23.1 Å². The zero-order valence-electron chi connectivity index (χ0n) is 10.4. The second-order valence-corrected chi connectivity index (χ2v) is 5.57. The van der Waals surface area contributed by atoms with E-state index in [-0.39, 0.29) is 30.0 Å². The van der Waals surface area contributed by atoms with Crippen molar-refractivity contribution in [1.29, 1.82) is 5.26 Å². The first kappa shape index (κ1) is 13.4. The van der Waals surface area contributed by atoms with Gasteiger partial charge in [-0.15, -0.1) is 11.8 Å². The zero-order valence-corrected chi connectivity index (χ0v) is 11.2. The third-order valence-electron chi connectivity index (χ3n) is 2.70. The van der Waals surface area contributed by atoms with Crippen LogP contribution in [-0.4, -0.2) is 23.6 Å². The maximum absolute atomic E-state index is 11.6. The van der Waals surface area contributed by atoms with Crippen molar-refractivity contribution in [2.75, 3.05) is 11.9 Å². The van der Waals surface area contributed by atoms with Crippen molar-refractivity contribution in [3.05, 3.63) is 23.8 Å². The van der Waals surface area contributed by atoms with E-state index in [0.717, 1.165) is 16.1 Å². The number of fused-ring (bicyclic) bond motifs is 1. The Balaban J connectivity index is 2.09. The summed E-state index contributed by atoms with van der Waals surface area (Å²) in [5.41, 5.74) is 1.56. The maximum atomic E-state index is 11.6. The SMILES string of the molecule is CC1Sc2ccc(CC(=O)NCC#N)cc2NC1=O. The molecule has 1 heterocycles. The largest absolute Gasteiger partial charge is 0.343 e. The number of hydrogen-bond donors (Lipinski definition) is 2. The standard InChI is InChI=1S/C13H13N3O2S/c1-8-13(18)16-10-6-9(2-3-11(10)19-8)7-12(17)15-5-4-14/h2-3,6,8H,5,7H2,1H3,(H,15,17)(H,16,18). The number of thioether (sulfide) groups is 1. The molecule has 1 aromatic rings. The third-order valence-corrected chi connectivity index (χ3v) is 3.88. The molecule has 2 N–H and O–H groups in total. The molecule has 0 fully saturated rings. The van der Waals surface area contributed by atoms with Crippen molar-refractivity contribution in [3.8, 4) is 6.07 Å². The second kappa shape index (κ2) is 5.76. The molecule has 1 aliphatic heterocycles. The Kier molecular flexibility index (Phi) is 4.07. The fraction of sp³-hybridized carbons (Fsp3) is 0.308. The number of anilines is 1. The molecule has 0 bridgehead atoms. The Bertz CT molecular complexity index is 565. The van der Waals surface area contributed by atoms with E-state index in [2.05, 4.69) is 10.6 Å². The summed E-state index contributed by atoms with van der Waals surface area (Å²) < 4.78 is 0. The first-order valence-electron chi connectivity index (χ1n) is 5.84. The highest BCUT2D eigenvalue weighted by Gasteiger charge is 2.23. The second-order valence-electron chi connectivity index (χ2n) is 4.19. The Hall–Kier alpha value is -2.00. The summed E-state index contributed by atoms with van der Waals surface area (Å²) in [5, 5.41) is 13.6. The number of rotatable bonds is 3. The van der Waals surface area contributed by atoms with E-state index in [0.29, 0.717) is 0 Å². The quantitative estimate of drug-likeness (QED) is 0.815. The molecule has 6 heteroatoms. The van der Waals surface area contributed by atoms with Crippen molar-refractivity contribution in [3.63, 3.8) is 0 Å². The normalized spacial score (nSPS) is 17.1. The number of nitrogens with zero attached hydrogens (tertiary/aromatic N) is 1. The molecule has 0 spiro atoms. The van der Waals surface area contributed by atoms with E-state index in [1.54, 1.807) is 6.07 Å². The van der Waals surface area contributed by atoms with E-state index >= 15 is 0 Å². The van der Waals surface area contributed by atoms with Crippen LogP contribution in [0.2, 0.25) is 0 Å². The summed E-state index contributed by atoms with van der Waals surface area (Å²) >= 11 is 1.51. The highest BCUT2D eigenvalue weighted by molar-refractivity contribution is 8.00. The molecule has 5 nitrogen and oxygen atoms in total. The van der Waals surface area contributed by atoms with Crippen molar-refractivity contribution >= 4 is 29.3 Å². The molecule has 0 saturated heterocycles. The molecule has 1 atom stereocenters. The number of benzene rings is 1. The van der Waals surface area contributed by atoms with E-state index in [9.17, 15) is 9.59 Å². The van der Waals surface area contributed by atoms with Crippen LogP contribution >= 0.6 is 11.8 Å². The van der Waals surface area contributed by atoms with Gasteiger partial charge in [-0.3, -0.25) is 9.59 Å². The predicted molar refractivity (Wildman–Crippen MR) is 72.7 cm³/mol. The Labute approximate surface area is 115 Å². The summed E-state index contributed by atoms with van der Waals surface area (Å²) in [4.78, 5) is 24.1. The van der Waals surface area contributed by atoms with Gasteiger partial charge in [-0.2, -0.15) is 5.26 Å². The highest BCUT2D eigenvalue weighted by Crippen LogP contribution is 2.35. The van der Waals surface area contributed by atoms with Gasteiger partial charge >= 0.3 is 0 Å². The Morgan fingerprint density at radius 3 is 3.11 bits per heavy atom. The van der Waals surface area contributed by atoms with Gasteiger partial charge in [0, 0.05) is 4.90 Å². The number of hydrogen-bond acceptors (Lipinski definition) is 4. The Morgan fingerprint density at radius 2 is 2.37 bits per heavy atom.